The molecular weight excluding hydrogens is 505 g/mol. The smallest absolute Gasteiger partial charge is 0.258 e. The molecule has 0 aliphatic carbocycles. The van der Waals surface area contributed by atoms with E-state index in [4.69, 9.17) is 40.2 Å². The second-order valence-electron chi connectivity index (χ2n) is 7.40. The number of hydrogen-bond donors (Lipinski definition) is 3. The van der Waals surface area contributed by atoms with Crippen molar-refractivity contribution in [1.82, 2.24) is 5.32 Å². The molecule has 0 radical (unpaired) electrons. The SMILES string of the molecule is COc1cc(NC(=S)NC(=O)c2cccc3c(Cl)cccc23)ccc1NC(=O)c1ccccc1Cl. The van der Waals surface area contributed by atoms with Gasteiger partial charge in [-0.15, -0.1) is 0 Å². The summed E-state index contributed by atoms with van der Waals surface area (Å²) in [5.41, 5.74) is 1.80. The van der Waals surface area contributed by atoms with E-state index in [1.54, 1.807) is 66.7 Å². The monoisotopic (exact) mass is 523 g/mol. The molecule has 0 saturated carbocycles. The summed E-state index contributed by atoms with van der Waals surface area (Å²) in [7, 11) is 1.48. The molecule has 0 aliphatic rings. The molecule has 35 heavy (non-hydrogen) atoms. The first-order valence-corrected chi connectivity index (χ1v) is 11.6. The van der Waals surface area contributed by atoms with Crippen LogP contribution in [0.25, 0.3) is 10.8 Å². The number of ether oxygens (including phenoxy) is 1. The molecule has 0 spiro atoms. The Kier molecular flexibility index (Phi) is 7.51. The number of nitrogens with one attached hydrogen (secondary N) is 3. The molecule has 3 N–H and O–H groups in total. The molecular formula is C26H19Cl2N3O3S. The zero-order valence-corrected chi connectivity index (χ0v) is 20.7. The number of amides is 2. The van der Waals surface area contributed by atoms with Crippen LogP contribution in [-0.4, -0.2) is 24.0 Å². The summed E-state index contributed by atoms with van der Waals surface area (Å²) in [6.45, 7) is 0. The Morgan fingerprint density at radius 3 is 2.23 bits per heavy atom. The van der Waals surface area contributed by atoms with Crippen molar-refractivity contribution < 1.29 is 14.3 Å². The van der Waals surface area contributed by atoms with Gasteiger partial charge in [0.2, 0.25) is 0 Å². The first-order chi connectivity index (χ1) is 16.9. The zero-order valence-electron chi connectivity index (χ0n) is 18.4. The van der Waals surface area contributed by atoms with Crippen LogP contribution in [0.1, 0.15) is 20.7 Å². The number of benzene rings is 4. The molecule has 2 amide bonds. The quantitative estimate of drug-likeness (QED) is 0.259. The minimum Gasteiger partial charge on any atom is -0.494 e. The second-order valence-corrected chi connectivity index (χ2v) is 8.62. The van der Waals surface area contributed by atoms with Crippen molar-refractivity contribution in [1.29, 1.82) is 0 Å². The number of halogens is 2. The number of anilines is 2. The maximum Gasteiger partial charge on any atom is 0.258 e. The number of methoxy groups -OCH3 is 1. The summed E-state index contributed by atoms with van der Waals surface area (Å²) in [4.78, 5) is 25.5. The summed E-state index contributed by atoms with van der Waals surface area (Å²) < 4.78 is 5.41. The van der Waals surface area contributed by atoms with E-state index in [2.05, 4.69) is 16.0 Å². The van der Waals surface area contributed by atoms with Gasteiger partial charge in [-0.2, -0.15) is 0 Å². The average molecular weight is 524 g/mol. The molecule has 9 heteroatoms. The average Bonchev–Trinajstić information content (AvgIpc) is 2.85. The van der Waals surface area contributed by atoms with Crippen molar-refractivity contribution in [3.8, 4) is 5.75 Å². The van der Waals surface area contributed by atoms with Crippen LogP contribution in [0.4, 0.5) is 11.4 Å². The van der Waals surface area contributed by atoms with Crippen molar-refractivity contribution in [3.63, 3.8) is 0 Å². The molecule has 0 aromatic heterocycles. The third-order valence-corrected chi connectivity index (χ3v) is 6.03. The Bertz CT molecular complexity index is 1460. The molecule has 0 fully saturated rings. The van der Waals surface area contributed by atoms with E-state index < -0.39 is 0 Å². The molecule has 0 saturated heterocycles. The highest BCUT2D eigenvalue weighted by molar-refractivity contribution is 7.80. The molecule has 4 aromatic carbocycles. The van der Waals surface area contributed by atoms with Crippen molar-refractivity contribution in [3.05, 3.63) is 100 Å². The fourth-order valence-corrected chi connectivity index (χ4v) is 4.18. The molecule has 0 atom stereocenters. The Morgan fingerprint density at radius 2 is 1.46 bits per heavy atom. The van der Waals surface area contributed by atoms with Gasteiger partial charge in [0, 0.05) is 27.7 Å². The maximum atomic E-state index is 12.9. The van der Waals surface area contributed by atoms with Crippen LogP contribution < -0.4 is 20.7 Å². The zero-order chi connectivity index (χ0) is 24.9. The Morgan fingerprint density at radius 1 is 0.771 bits per heavy atom. The lowest BCUT2D eigenvalue weighted by atomic mass is 10.0. The van der Waals surface area contributed by atoms with Crippen LogP contribution in [-0.2, 0) is 0 Å². The molecule has 0 aliphatic heterocycles. The van der Waals surface area contributed by atoms with Crippen molar-refractivity contribution in [2.24, 2.45) is 0 Å². The van der Waals surface area contributed by atoms with Crippen molar-refractivity contribution in [2.75, 3.05) is 17.7 Å². The van der Waals surface area contributed by atoms with Gasteiger partial charge >= 0.3 is 0 Å². The molecule has 176 valence electrons. The van der Waals surface area contributed by atoms with Crippen molar-refractivity contribution >= 4 is 74.5 Å². The Balaban J connectivity index is 1.46. The summed E-state index contributed by atoms with van der Waals surface area (Å²) in [5.74, 6) is -0.341. The van der Waals surface area contributed by atoms with E-state index in [0.717, 1.165) is 10.8 Å². The van der Waals surface area contributed by atoms with Gasteiger partial charge in [0.15, 0.2) is 5.11 Å². The fourth-order valence-electron chi connectivity index (χ4n) is 3.51. The number of thiocarbonyl (C=S) groups is 1. The van der Waals surface area contributed by atoms with Gasteiger partial charge in [0.05, 0.1) is 23.4 Å². The standard InChI is InChI=1S/C26H19Cl2N3O3S/c1-34-23-14-15(12-13-22(23)30-25(33)19-6-2-3-10-21(19)28)29-26(35)31-24(32)18-9-4-8-17-16(18)7-5-11-20(17)27/h2-14H,1H3,(H,30,33)(H2,29,31,32,35). The predicted molar refractivity (Wildman–Crippen MR) is 145 cm³/mol. The summed E-state index contributed by atoms with van der Waals surface area (Å²) in [6.07, 6.45) is 0. The van der Waals surface area contributed by atoms with E-state index in [1.807, 2.05) is 12.1 Å². The lowest BCUT2D eigenvalue weighted by Gasteiger charge is -2.15. The topological polar surface area (TPSA) is 79.5 Å². The van der Waals surface area contributed by atoms with Crippen molar-refractivity contribution in [2.45, 2.75) is 0 Å². The van der Waals surface area contributed by atoms with E-state index >= 15 is 0 Å². The van der Waals surface area contributed by atoms with Gasteiger partial charge in [-0.3, -0.25) is 14.9 Å². The molecule has 0 heterocycles. The lowest BCUT2D eigenvalue weighted by Crippen LogP contribution is -2.34. The van der Waals surface area contributed by atoms with Crippen LogP contribution in [0.3, 0.4) is 0 Å². The summed E-state index contributed by atoms with van der Waals surface area (Å²) in [5, 5.41) is 10.9. The number of fused-ring (bicyclic) bond motifs is 1. The second kappa shape index (κ2) is 10.7. The largest absolute Gasteiger partial charge is 0.494 e. The van der Waals surface area contributed by atoms with Crippen LogP contribution >= 0.6 is 35.4 Å². The summed E-state index contributed by atoms with van der Waals surface area (Å²) in [6, 6.07) is 22.5. The highest BCUT2D eigenvalue weighted by Gasteiger charge is 2.15. The van der Waals surface area contributed by atoms with E-state index in [0.29, 0.717) is 38.3 Å². The molecule has 4 rings (SSSR count). The van der Waals surface area contributed by atoms with E-state index in [-0.39, 0.29) is 16.9 Å². The Labute approximate surface area is 217 Å². The lowest BCUT2D eigenvalue weighted by molar-refractivity contribution is 0.0978. The fraction of sp³-hybridized carbons (Fsp3) is 0.0385. The molecule has 0 bridgehead atoms. The van der Waals surface area contributed by atoms with Gasteiger partial charge < -0.3 is 15.4 Å². The van der Waals surface area contributed by atoms with Gasteiger partial charge in [0.25, 0.3) is 11.8 Å². The van der Waals surface area contributed by atoms with Crippen LogP contribution in [0, 0.1) is 0 Å². The van der Waals surface area contributed by atoms with Crippen LogP contribution in [0.2, 0.25) is 10.0 Å². The summed E-state index contributed by atoms with van der Waals surface area (Å²) >= 11 is 17.7. The highest BCUT2D eigenvalue weighted by atomic mass is 35.5. The predicted octanol–water partition coefficient (Wildman–Crippen LogP) is 6.53. The molecule has 6 nitrogen and oxygen atoms in total. The number of carbonyl (C=O) groups excluding carboxylic acids is 2. The van der Waals surface area contributed by atoms with E-state index in [9.17, 15) is 9.59 Å². The molecule has 4 aromatic rings. The van der Waals surface area contributed by atoms with Gasteiger partial charge in [0.1, 0.15) is 5.75 Å². The van der Waals surface area contributed by atoms with E-state index in [1.165, 1.54) is 7.11 Å². The van der Waals surface area contributed by atoms with Gasteiger partial charge in [-0.25, -0.2) is 0 Å². The highest BCUT2D eigenvalue weighted by Crippen LogP contribution is 2.29. The molecule has 0 unspecified atom stereocenters. The first kappa shape index (κ1) is 24.5. The third-order valence-electron chi connectivity index (χ3n) is 5.17. The first-order valence-electron chi connectivity index (χ1n) is 10.4. The number of hydrogen-bond acceptors (Lipinski definition) is 4. The normalized spacial score (nSPS) is 10.5. The van der Waals surface area contributed by atoms with Gasteiger partial charge in [-0.1, -0.05) is 59.6 Å². The van der Waals surface area contributed by atoms with Crippen LogP contribution in [0.15, 0.2) is 78.9 Å². The van der Waals surface area contributed by atoms with Gasteiger partial charge in [-0.05, 0) is 54.0 Å². The number of rotatable bonds is 5. The Hall–Kier alpha value is -3.65. The maximum absolute atomic E-state index is 12.9. The minimum atomic E-state index is -0.369. The minimum absolute atomic E-state index is 0.101. The van der Waals surface area contributed by atoms with Crippen LogP contribution in [0.5, 0.6) is 5.75 Å². The third kappa shape index (κ3) is 5.54. The number of carbonyl (C=O) groups is 2.